The molecule has 2 N–H and O–H groups in total. The van der Waals surface area contributed by atoms with E-state index < -0.39 is 0 Å². The largest absolute Gasteiger partial charge is 0.496 e. The summed E-state index contributed by atoms with van der Waals surface area (Å²) in [6, 6.07) is 3.68. The van der Waals surface area contributed by atoms with Crippen LogP contribution in [0, 0.1) is 0 Å². The number of pyridine rings is 1. The molecular formula is C18H23N5O4. The Kier molecular flexibility index (Phi) is 6.05. The molecule has 27 heavy (non-hydrogen) atoms. The number of H-pyrrole nitrogens is 1. The molecule has 3 rings (SSSR count). The third-order valence-corrected chi connectivity index (χ3v) is 4.15. The third kappa shape index (κ3) is 3.93. The highest BCUT2D eigenvalue weighted by molar-refractivity contribution is 6.10. The first-order valence-electron chi connectivity index (χ1n) is 8.52. The number of aliphatic imine (C=N–C) groups is 1. The minimum Gasteiger partial charge on any atom is -0.496 e. The van der Waals surface area contributed by atoms with E-state index in [0.29, 0.717) is 54.8 Å². The van der Waals surface area contributed by atoms with Crippen LogP contribution in [0.15, 0.2) is 29.0 Å². The first-order valence-corrected chi connectivity index (χ1v) is 8.52. The lowest BCUT2D eigenvalue weighted by Gasteiger charge is -2.14. The van der Waals surface area contributed by atoms with Crippen molar-refractivity contribution in [2.45, 2.75) is 0 Å². The summed E-state index contributed by atoms with van der Waals surface area (Å²) < 4.78 is 15.5. The molecule has 144 valence electrons. The SMILES string of the molecule is COCCN/C(=C1/N=CN(CCOC)C1=O)c1cc2c(OC)ccnc2[nH]1. The van der Waals surface area contributed by atoms with Crippen LogP contribution in [0.2, 0.25) is 0 Å². The average Bonchev–Trinajstić information content (AvgIpc) is 3.27. The zero-order chi connectivity index (χ0) is 19.2. The zero-order valence-electron chi connectivity index (χ0n) is 15.6. The number of rotatable bonds is 9. The molecule has 9 heteroatoms. The first-order chi connectivity index (χ1) is 13.2. The maximum atomic E-state index is 12.8. The van der Waals surface area contributed by atoms with Gasteiger partial charge in [0, 0.05) is 27.0 Å². The predicted octanol–water partition coefficient (Wildman–Crippen LogP) is 0.993. The number of carbonyl (C=O) groups is 1. The van der Waals surface area contributed by atoms with Gasteiger partial charge in [0.2, 0.25) is 0 Å². The Bertz CT molecular complexity index is 874. The van der Waals surface area contributed by atoms with Crippen LogP contribution in [0.4, 0.5) is 0 Å². The van der Waals surface area contributed by atoms with Crippen molar-refractivity contribution in [3.8, 4) is 5.75 Å². The maximum absolute atomic E-state index is 12.8. The molecule has 3 heterocycles. The number of ether oxygens (including phenoxy) is 3. The molecule has 0 aliphatic carbocycles. The maximum Gasteiger partial charge on any atom is 0.279 e. The number of carbonyl (C=O) groups excluding carboxylic acids is 1. The molecular weight excluding hydrogens is 350 g/mol. The number of hydrogen-bond acceptors (Lipinski definition) is 7. The van der Waals surface area contributed by atoms with Crippen molar-refractivity contribution in [2.75, 3.05) is 47.6 Å². The Morgan fingerprint density at radius 2 is 2.07 bits per heavy atom. The molecule has 1 amide bonds. The second kappa shape index (κ2) is 8.65. The number of nitrogens with zero attached hydrogens (tertiary/aromatic N) is 3. The summed E-state index contributed by atoms with van der Waals surface area (Å²) in [5.41, 5.74) is 2.29. The quantitative estimate of drug-likeness (QED) is 0.502. The van der Waals surface area contributed by atoms with Gasteiger partial charge in [-0.25, -0.2) is 9.98 Å². The number of fused-ring (bicyclic) bond motifs is 1. The molecule has 0 fully saturated rings. The normalized spacial score (nSPS) is 15.7. The number of aromatic amines is 1. The lowest BCUT2D eigenvalue weighted by atomic mass is 10.2. The van der Waals surface area contributed by atoms with Crippen molar-refractivity contribution in [3.05, 3.63) is 29.7 Å². The van der Waals surface area contributed by atoms with E-state index in [9.17, 15) is 4.79 Å². The van der Waals surface area contributed by atoms with Gasteiger partial charge < -0.3 is 24.5 Å². The van der Waals surface area contributed by atoms with E-state index in [0.717, 1.165) is 5.39 Å². The summed E-state index contributed by atoms with van der Waals surface area (Å²) in [7, 11) is 4.82. The number of aromatic nitrogens is 2. The van der Waals surface area contributed by atoms with Crippen LogP contribution in [-0.2, 0) is 14.3 Å². The lowest BCUT2D eigenvalue weighted by Crippen LogP contribution is -2.30. The van der Waals surface area contributed by atoms with E-state index >= 15 is 0 Å². The van der Waals surface area contributed by atoms with Gasteiger partial charge in [-0.2, -0.15) is 0 Å². The number of amides is 1. The van der Waals surface area contributed by atoms with Gasteiger partial charge >= 0.3 is 0 Å². The third-order valence-electron chi connectivity index (χ3n) is 4.15. The van der Waals surface area contributed by atoms with Gasteiger partial charge in [-0.15, -0.1) is 0 Å². The standard InChI is InChI=1S/C18H23N5O4/c1-25-8-6-19-15(16-18(24)23(11-21-16)7-9-26-2)13-10-12-14(27-3)4-5-20-17(12)22-13/h4-5,10-11,19H,6-9H2,1-3H3,(H,20,22)/b16-15+. The van der Waals surface area contributed by atoms with Crippen LogP contribution in [-0.4, -0.2) is 74.7 Å². The topological polar surface area (TPSA) is 101 Å². The minimum atomic E-state index is -0.189. The average molecular weight is 373 g/mol. The van der Waals surface area contributed by atoms with Gasteiger partial charge in [0.15, 0.2) is 5.70 Å². The van der Waals surface area contributed by atoms with Crippen LogP contribution in [0.25, 0.3) is 16.7 Å². The van der Waals surface area contributed by atoms with Crippen LogP contribution in [0.5, 0.6) is 5.75 Å². The summed E-state index contributed by atoms with van der Waals surface area (Å²) in [6.45, 7) is 1.89. The van der Waals surface area contributed by atoms with Crippen molar-refractivity contribution in [3.63, 3.8) is 0 Å². The summed E-state index contributed by atoms with van der Waals surface area (Å²) in [6.07, 6.45) is 3.19. The summed E-state index contributed by atoms with van der Waals surface area (Å²) in [5.74, 6) is 0.511. The van der Waals surface area contributed by atoms with Crippen LogP contribution >= 0.6 is 0 Å². The summed E-state index contributed by atoms with van der Waals surface area (Å²) >= 11 is 0. The van der Waals surface area contributed by atoms with Crippen molar-refractivity contribution in [1.82, 2.24) is 20.2 Å². The summed E-state index contributed by atoms with van der Waals surface area (Å²) in [4.78, 5) is 26.2. The van der Waals surface area contributed by atoms with Crippen LogP contribution in [0.3, 0.4) is 0 Å². The highest BCUT2D eigenvalue weighted by Gasteiger charge is 2.27. The molecule has 1 aliphatic heterocycles. The number of nitrogens with one attached hydrogen (secondary N) is 2. The smallest absolute Gasteiger partial charge is 0.279 e. The number of methoxy groups -OCH3 is 3. The molecule has 0 atom stereocenters. The van der Waals surface area contributed by atoms with Crippen molar-refractivity contribution < 1.29 is 19.0 Å². The Hall–Kier alpha value is -2.91. The Morgan fingerprint density at radius 3 is 2.81 bits per heavy atom. The van der Waals surface area contributed by atoms with E-state index in [1.807, 2.05) is 6.07 Å². The molecule has 0 spiro atoms. The fourth-order valence-corrected chi connectivity index (χ4v) is 2.79. The van der Waals surface area contributed by atoms with E-state index in [4.69, 9.17) is 14.2 Å². The molecule has 0 radical (unpaired) electrons. The van der Waals surface area contributed by atoms with Gasteiger partial charge in [-0.3, -0.25) is 9.69 Å². The molecule has 0 bridgehead atoms. The second-order valence-electron chi connectivity index (χ2n) is 5.84. The number of hydrogen-bond donors (Lipinski definition) is 2. The van der Waals surface area contributed by atoms with Gasteiger partial charge in [-0.1, -0.05) is 0 Å². The fourth-order valence-electron chi connectivity index (χ4n) is 2.79. The minimum absolute atomic E-state index is 0.189. The molecule has 2 aromatic heterocycles. The predicted molar refractivity (Wildman–Crippen MR) is 102 cm³/mol. The van der Waals surface area contributed by atoms with Gasteiger partial charge in [-0.05, 0) is 12.1 Å². The van der Waals surface area contributed by atoms with Crippen molar-refractivity contribution in [1.29, 1.82) is 0 Å². The molecule has 1 aliphatic rings. The van der Waals surface area contributed by atoms with E-state index in [2.05, 4.69) is 20.3 Å². The molecule has 0 unspecified atom stereocenters. The monoisotopic (exact) mass is 373 g/mol. The van der Waals surface area contributed by atoms with Gasteiger partial charge in [0.05, 0.1) is 50.0 Å². The Labute approximate surface area is 157 Å². The second-order valence-corrected chi connectivity index (χ2v) is 5.84. The molecule has 0 saturated heterocycles. The molecule has 0 saturated carbocycles. The highest BCUT2D eigenvalue weighted by Crippen LogP contribution is 2.28. The van der Waals surface area contributed by atoms with Gasteiger partial charge in [0.25, 0.3) is 5.91 Å². The Balaban J connectivity index is 1.99. The zero-order valence-corrected chi connectivity index (χ0v) is 15.6. The van der Waals surface area contributed by atoms with E-state index in [1.165, 1.54) is 11.2 Å². The van der Waals surface area contributed by atoms with Crippen molar-refractivity contribution in [2.24, 2.45) is 4.99 Å². The lowest BCUT2D eigenvalue weighted by molar-refractivity contribution is -0.122. The van der Waals surface area contributed by atoms with Crippen molar-refractivity contribution >= 4 is 29.0 Å². The fraction of sp³-hybridized carbons (Fsp3) is 0.389. The molecule has 9 nitrogen and oxygen atoms in total. The highest BCUT2D eigenvalue weighted by atomic mass is 16.5. The van der Waals surface area contributed by atoms with E-state index in [-0.39, 0.29) is 5.91 Å². The first kappa shape index (κ1) is 18.9. The molecule has 0 aromatic carbocycles. The van der Waals surface area contributed by atoms with Crippen LogP contribution in [0.1, 0.15) is 5.69 Å². The van der Waals surface area contributed by atoms with E-state index in [1.54, 1.807) is 33.6 Å². The molecule has 2 aromatic rings. The summed E-state index contributed by atoms with van der Waals surface area (Å²) in [5, 5.41) is 4.07. The van der Waals surface area contributed by atoms with Crippen LogP contribution < -0.4 is 10.1 Å². The Morgan fingerprint density at radius 1 is 1.26 bits per heavy atom. The van der Waals surface area contributed by atoms with Gasteiger partial charge in [0.1, 0.15) is 11.4 Å².